The van der Waals surface area contributed by atoms with E-state index in [9.17, 15) is 0 Å². The molecule has 46 valence electrons. The fourth-order valence-corrected chi connectivity index (χ4v) is 0.861. The molecule has 0 aliphatic rings. The van der Waals surface area contributed by atoms with Crippen LogP contribution in [0.5, 0.6) is 0 Å². The van der Waals surface area contributed by atoms with Gasteiger partial charge < -0.3 is 0 Å². The summed E-state index contributed by atoms with van der Waals surface area (Å²) in [6.45, 7) is 0. The number of nitriles is 1. The highest BCUT2D eigenvalue weighted by Gasteiger charge is 1.90. The number of nitrogens with zero attached hydrogens (tertiary/aromatic N) is 2. The van der Waals surface area contributed by atoms with E-state index in [4.69, 9.17) is 5.26 Å². The third-order valence-electron chi connectivity index (χ3n) is 0.858. The molecule has 3 nitrogen and oxygen atoms in total. The van der Waals surface area contributed by atoms with E-state index in [-0.39, 0.29) is 0 Å². The van der Waals surface area contributed by atoms with E-state index in [1.54, 1.807) is 12.4 Å². The first-order chi connectivity index (χ1) is 4.43. The molecule has 0 radical (unpaired) electrons. The van der Waals surface area contributed by atoms with Crippen LogP contribution in [0.25, 0.3) is 0 Å². The SMILES string of the molecule is N#CSCc1cn[nH]c1. The third kappa shape index (κ3) is 1.78. The molecule has 1 rings (SSSR count). The maximum absolute atomic E-state index is 8.15. The van der Waals surface area contributed by atoms with Crippen LogP contribution in [-0.4, -0.2) is 10.2 Å². The second kappa shape index (κ2) is 3.15. The van der Waals surface area contributed by atoms with Crippen LogP contribution in [0.4, 0.5) is 0 Å². The van der Waals surface area contributed by atoms with Gasteiger partial charge in [0.2, 0.25) is 0 Å². The molecule has 0 unspecified atom stereocenters. The van der Waals surface area contributed by atoms with Crippen molar-refractivity contribution in [3.8, 4) is 5.40 Å². The lowest BCUT2D eigenvalue weighted by Gasteiger charge is -1.82. The predicted octanol–water partition coefficient (Wildman–Crippen LogP) is 1.12. The Hall–Kier alpha value is -0.950. The molecule has 0 bridgehead atoms. The van der Waals surface area contributed by atoms with Crippen LogP contribution in [0.2, 0.25) is 0 Å². The molecule has 0 spiro atoms. The highest BCUT2D eigenvalue weighted by atomic mass is 32.2. The summed E-state index contributed by atoms with van der Waals surface area (Å²) in [6.07, 6.45) is 3.49. The van der Waals surface area contributed by atoms with Gasteiger partial charge >= 0.3 is 0 Å². The fourth-order valence-electron chi connectivity index (χ4n) is 0.472. The van der Waals surface area contributed by atoms with Gasteiger partial charge in [-0.3, -0.25) is 5.10 Å². The maximum Gasteiger partial charge on any atom is 0.133 e. The molecule has 4 heteroatoms. The number of H-pyrrole nitrogens is 1. The van der Waals surface area contributed by atoms with E-state index >= 15 is 0 Å². The van der Waals surface area contributed by atoms with Crippen LogP contribution < -0.4 is 0 Å². The molecule has 1 aromatic heterocycles. The monoisotopic (exact) mass is 139 g/mol. The van der Waals surface area contributed by atoms with Gasteiger partial charge in [-0.25, -0.2) is 0 Å². The molecule has 0 saturated heterocycles. The molecule has 0 saturated carbocycles. The summed E-state index contributed by atoms with van der Waals surface area (Å²) in [4.78, 5) is 0. The Morgan fingerprint density at radius 3 is 3.33 bits per heavy atom. The van der Waals surface area contributed by atoms with E-state index in [0.29, 0.717) is 5.75 Å². The van der Waals surface area contributed by atoms with Crippen LogP contribution in [0.1, 0.15) is 5.56 Å². The number of hydrogen-bond acceptors (Lipinski definition) is 3. The molecular weight excluding hydrogens is 134 g/mol. The van der Waals surface area contributed by atoms with Gasteiger partial charge in [-0.2, -0.15) is 10.4 Å². The highest BCUT2D eigenvalue weighted by Crippen LogP contribution is 2.06. The van der Waals surface area contributed by atoms with E-state index in [1.165, 1.54) is 11.8 Å². The molecule has 0 aliphatic heterocycles. The summed E-state index contributed by atoms with van der Waals surface area (Å²) in [5.74, 6) is 0.715. The number of thioether (sulfide) groups is 1. The van der Waals surface area contributed by atoms with Gasteiger partial charge in [-0.05, 0) is 11.8 Å². The molecule has 1 N–H and O–H groups in total. The summed E-state index contributed by atoms with van der Waals surface area (Å²) < 4.78 is 0. The summed E-state index contributed by atoms with van der Waals surface area (Å²) in [5, 5.41) is 16.5. The Balaban J connectivity index is 2.41. The van der Waals surface area contributed by atoms with Gasteiger partial charge in [0.05, 0.1) is 6.20 Å². The first-order valence-electron chi connectivity index (χ1n) is 2.42. The number of hydrogen-bond donors (Lipinski definition) is 1. The summed E-state index contributed by atoms with van der Waals surface area (Å²) in [6, 6.07) is 0. The first kappa shape index (κ1) is 6.17. The van der Waals surface area contributed by atoms with Crippen LogP contribution in [-0.2, 0) is 5.75 Å². The van der Waals surface area contributed by atoms with Gasteiger partial charge in [0.15, 0.2) is 0 Å². The third-order valence-corrected chi connectivity index (χ3v) is 1.47. The zero-order valence-electron chi connectivity index (χ0n) is 4.66. The number of thiocyanates is 1. The lowest BCUT2D eigenvalue weighted by Crippen LogP contribution is -1.69. The zero-order chi connectivity index (χ0) is 6.53. The number of aromatic amines is 1. The van der Waals surface area contributed by atoms with E-state index in [0.717, 1.165) is 5.56 Å². The Kier molecular flexibility index (Phi) is 2.16. The van der Waals surface area contributed by atoms with Crippen molar-refractivity contribution in [2.45, 2.75) is 5.75 Å². The minimum absolute atomic E-state index is 0.715. The van der Waals surface area contributed by atoms with Crippen molar-refractivity contribution in [2.24, 2.45) is 0 Å². The summed E-state index contributed by atoms with van der Waals surface area (Å²) >= 11 is 1.21. The lowest BCUT2D eigenvalue weighted by molar-refractivity contribution is 1.09. The molecule has 0 aliphatic carbocycles. The van der Waals surface area contributed by atoms with Gasteiger partial charge in [0, 0.05) is 17.5 Å². The van der Waals surface area contributed by atoms with Gasteiger partial charge in [0.25, 0.3) is 0 Å². The van der Waals surface area contributed by atoms with Crippen LogP contribution in [0.3, 0.4) is 0 Å². The van der Waals surface area contributed by atoms with Crippen molar-refractivity contribution in [3.05, 3.63) is 18.0 Å². The summed E-state index contributed by atoms with van der Waals surface area (Å²) in [7, 11) is 0. The van der Waals surface area contributed by atoms with Gasteiger partial charge in [0.1, 0.15) is 5.40 Å². The zero-order valence-corrected chi connectivity index (χ0v) is 5.48. The number of aromatic nitrogens is 2. The van der Waals surface area contributed by atoms with Crippen LogP contribution in [0, 0.1) is 10.7 Å². The van der Waals surface area contributed by atoms with Crippen LogP contribution >= 0.6 is 11.8 Å². The Bertz CT molecular complexity index is 198. The predicted molar refractivity (Wildman–Crippen MR) is 35.5 cm³/mol. The Morgan fingerprint density at radius 1 is 1.89 bits per heavy atom. The van der Waals surface area contributed by atoms with Crippen molar-refractivity contribution in [1.82, 2.24) is 10.2 Å². The largest absolute Gasteiger partial charge is 0.285 e. The van der Waals surface area contributed by atoms with Gasteiger partial charge in [-0.1, -0.05) is 0 Å². The average molecular weight is 139 g/mol. The molecule has 1 heterocycles. The smallest absolute Gasteiger partial charge is 0.133 e. The quantitative estimate of drug-likeness (QED) is 0.625. The Morgan fingerprint density at radius 2 is 2.78 bits per heavy atom. The van der Waals surface area contributed by atoms with Crippen molar-refractivity contribution in [3.63, 3.8) is 0 Å². The van der Waals surface area contributed by atoms with Crippen molar-refractivity contribution >= 4 is 11.8 Å². The average Bonchev–Trinajstić information content (AvgIpc) is 2.34. The molecule has 0 aromatic carbocycles. The fraction of sp³-hybridized carbons (Fsp3) is 0.200. The van der Waals surface area contributed by atoms with E-state index < -0.39 is 0 Å². The first-order valence-corrected chi connectivity index (χ1v) is 3.40. The second-order valence-electron chi connectivity index (χ2n) is 1.49. The molecular formula is C5H5N3S. The number of nitrogens with one attached hydrogen (secondary N) is 1. The topological polar surface area (TPSA) is 52.5 Å². The maximum atomic E-state index is 8.15. The van der Waals surface area contributed by atoms with Gasteiger partial charge in [-0.15, -0.1) is 0 Å². The molecule has 0 atom stereocenters. The van der Waals surface area contributed by atoms with Crippen molar-refractivity contribution < 1.29 is 0 Å². The van der Waals surface area contributed by atoms with Crippen molar-refractivity contribution in [2.75, 3.05) is 0 Å². The summed E-state index contributed by atoms with van der Waals surface area (Å²) in [5.41, 5.74) is 1.06. The molecule has 0 amide bonds. The normalized spacial score (nSPS) is 8.78. The minimum Gasteiger partial charge on any atom is -0.285 e. The standard InChI is InChI=1S/C5H5N3S/c6-4-9-3-5-1-7-8-2-5/h1-2H,3H2,(H,7,8). The second-order valence-corrected chi connectivity index (χ2v) is 2.25. The Labute approximate surface area is 57.1 Å². The molecule has 9 heavy (non-hydrogen) atoms. The van der Waals surface area contributed by atoms with Crippen LogP contribution in [0.15, 0.2) is 12.4 Å². The van der Waals surface area contributed by atoms with E-state index in [2.05, 4.69) is 10.2 Å². The number of rotatable bonds is 2. The highest BCUT2D eigenvalue weighted by molar-refractivity contribution is 8.02. The minimum atomic E-state index is 0.715. The molecule has 0 fully saturated rings. The van der Waals surface area contributed by atoms with E-state index in [1.807, 2.05) is 5.40 Å². The lowest BCUT2D eigenvalue weighted by atomic mass is 10.4. The van der Waals surface area contributed by atoms with Crippen molar-refractivity contribution in [1.29, 1.82) is 5.26 Å². The molecule has 1 aromatic rings.